The average molecular weight is 294 g/mol. The van der Waals surface area contributed by atoms with E-state index in [1.807, 2.05) is 0 Å². The van der Waals surface area contributed by atoms with Crippen LogP contribution in [0, 0.1) is 0 Å². The van der Waals surface area contributed by atoms with Crippen molar-refractivity contribution in [1.82, 2.24) is 4.98 Å². The van der Waals surface area contributed by atoms with Crippen LogP contribution in [0.25, 0.3) is 0 Å². The Morgan fingerprint density at radius 2 is 1.42 bits per heavy atom. The van der Waals surface area contributed by atoms with Gasteiger partial charge >= 0.3 is 0 Å². The molecule has 1 nitrogen and oxygen atoms in total. The Morgan fingerprint density at radius 3 is 1.89 bits per heavy atom. The van der Waals surface area contributed by atoms with E-state index in [4.69, 9.17) is 0 Å². The summed E-state index contributed by atoms with van der Waals surface area (Å²) in [6, 6.07) is 0.783. The number of nitrogens with one attached hydrogen (secondary N) is 1. The molecule has 2 aliphatic rings. The van der Waals surface area contributed by atoms with E-state index in [1.54, 1.807) is 0 Å². The molecule has 19 heavy (non-hydrogen) atoms. The monoisotopic (exact) mass is 293 g/mol. The maximum Gasteiger partial charge on any atom is 0.130 e. The molecule has 0 radical (unpaired) electrons. The minimum Gasteiger partial charge on any atom is -0.334 e. The minimum atomic E-state index is -1.51. The highest BCUT2D eigenvalue weighted by Crippen LogP contribution is 2.50. The van der Waals surface area contributed by atoms with Crippen LogP contribution in [0.5, 0.6) is 0 Å². The first-order valence-electron chi connectivity index (χ1n) is 7.93. The zero-order valence-corrected chi connectivity index (χ0v) is 15.4. The molecule has 0 aromatic carbocycles. The van der Waals surface area contributed by atoms with Crippen molar-refractivity contribution in [3.63, 3.8) is 0 Å². The molecule has 0 amide bonds. The number of allylic oxidation sites excluding steroid dienone is 4. The van der Waals surface area contributed by atoms with Gasteiger partial charge in [0, 0.05) is 10.7 Å². The van der Waals surface area contributed by atoms with Crippen molar-refractivity contribution in [3.05, 3.63) is 24.3 Å². The van der Waals surface area contributed by atoms with Crippen LogP contribution in [0.3, 0.4) is 0 Å². The molecule has 0 bridgehead atoms. The van der Waals surface area contributed by atoms with Crippen LogP contribution in [0.2, 0.25) is 37.4 Å². The maximum atomic E-state index is 4.16. The van der Waals surface area contributed by atoms with Crippen molar-refractivity contribution in [2.24, 2.45) is 0 Å². The molecular weight excluding hydrogens is 262 g/mol. The van der Waals surface area contributed by atoms with E-state index >= 15 is 0 Å². The van der Waals surface area contributed by atoms with Gasteiger partial charge in [0.15, 0.2) is 0 Å². The molecule has 0 spiro atoms. The third-order valence-electron chi connectivity index (χ3n) is 5.27. The first-order valence-corrected chi connectivity index (χ1v) is 14.4. The average Bonchev–Trinajstić information content (AvgIpc) is 2.79. The van der Waals surface area contributed by atoms with Gasteiger partial charge in [-0.25, -0.2) is 0 Å². The Hall–Kier alpha value is -0.126. The summed E-state index contributed by atoms with van der Waals surface area (Å²) in [6.07, 6.45) is 16.7. The Labute approximate surface area is 121 Å². The molecule has 0 aromatic rings. The molecule has 0 heterocycles. The van der Waals surface area contributed by atoms with Crippen LogP contribution in [0.15, 0.2) is 24.3 Å². The summed E-state index contributed by atoms with van der Waals surface area (Å²) in [5.41, 5.74) is 0. The van der Waals surface area contributed by atoms with Gasteiger partial charge in [-0.3, -0.25) is 0 Å². The summed E-state index contributed by atoms with van der Waals surface area (Å²) in [5, 5.41) is 0. The second-order valence-corrected chi connectivity index (χ2v) is 18.1. The van der Waals surface area contributed by atoms with E-state index in [2.05, 4.69) is 62.0 Å². The fourth-order valence-electron chi connectivity index (χ4n) is 4.20. The second-order valence-electron chi connectivity index (χ2n) is 7.94. The first kappa shape index (κ1) is 15.3. The summed E-state index contributed by atoms with van der Waals surface area (Å²) < 4.78 is 0.386. The highest BCUT2D eigenvalue weighted by molar-refractivity contribution is 6.99. The molecule has 0 unspecified atom stereocenters. The van der Waals surface area contributed by atoms with Crippen LogP contribution >= 0.6 is 0 Å². The first-order chi connectivity index (χ1) is 8.79. The number of hydrogen-bond donors (Lipinski definition) is 1. The van der Waals surface area contributed by atoms with Crippen molar-refractivity contribution in [2.75, 3.05) is 0 Å². The summed E-state index contributed by atoms with van der Waals surface area (Å²) in [6.45, 7) is 12.7. The van der Waals surface area contributed by atoms with Crippen molar-refractivity contribution >= 4 is 16.3 Å². The summed E-state index contributed by atoms with van der Waals surface area (Å²) in [5.74, 6) is 0. The van der Waals surface area contributed by atoms with Gasteiger partial charge in [0.2, 0.25) is 0 Å². The molecular formula is C16H31NSi2. The van der Waals surface area contributed by atoms with E-state index in [-0.39, 0.29) is 0 Å². The fraction of sp³-hybridized carbons (Fsp3) is 0.750. The smallest absolute Gasteiger partial charge is 0.130 e. The van der Waals surface area contributed by atoms with Crippen LogP contribution in [-0.4, -0.2) is 22.4 Å². The van der Waals surface area contributed by atoms with Gasteiger partial charge in [-0.15, -0.1) is 0 Å². The van der Waals surface area contributed by atoms with Gasteiger partial charge in [0.05, 0.1) is 8.07 Å². The molecule has 1 fully saturated rings. The Balaban J connectivity index is 2.20. The van der Waals surface area contributed by atoms with Gasteiger partial charge in [0.25, 0.3) is 0 Å². The number of rotatable bonds is 4. The summed E-state index contributed by atoms with van der Waals surface area (Å²) >= 11 is 0. The van der Waals surface area contributed by atoms with Crippen molar-refractivity contribution in [2.45, 2.75) is 75.5 Å². The zero-order chi connectivity index (χ0) is 14.1. The zero-order valence-electron chi connectivity index (χ0n) is 13.4. The van der Waals surface area contributed by atoms with Gasteiger partial charge in [-0.05, 0) is 12.8 Å². The van der Waals surface area contributed by atoms with E-state index in [0.29, 0.717) is 4.66 Å². The van der Waals surface area contributed by atoms with Gasteiger partial charge in [0.1, 0.15) is 8.24 Å². The van der Waals surface area contributed by atoms with E-state index < -0.39 is 16.3 Å². The predicted molar refractivity (Wildman–Crippen MR) is 91.8 cm³/mol. The molecule has 1 saturated carbocycles. The normalized spacial score (nSPS) is 24.1. The van der Waals surface area contributed by atoms with E-state index in [0.717, 1.165) is 6.04 Å². The van der Waals surface area contributed by atoms with Crippen molar-refractivity contribution < 1.29 is 0 Å². The van der Waals surface area contributed by atoms with Gasteiger partial charge in [-0.1, -0.05) is 76.3 Å². The lowest BCUT2D eigenvalue weighted by molar-refractivity contribution is 0.412. The molecule has 0 aromatic heterocycles. The molecule has 1 N–H and O–H groups in total. The lowest BCUT2D eigenvalue weighted by Crippen LogP contribution is -2.64. The molecule has 2 rings (SSSR count). The van der Waals surface area contributed by atoms with E-state index in [1.165, 1.54) is 32.1 Å². The van der Waals surface area contributed by atoms with Crippen LogP contribution in [-0.2, 0) is 0 Å². The third-order valence-corrected chi connectivity index (χ3v) is 15.7. The largest absolute Gasteiger partial charge is 0.334 e. The maximum absolute atomic E-state index is 4.16. The fourth-order valence-corrected chi connectivity index (χ4v) is 15.7. The Morgan fingerprint density at radius 1 is 0.895 bits per heavy atom. The van der Waals surface area contributed by atoms with Crippen molar-refractivity contribution in [1.29, 1.82) is 0 Å². The molecule has 0 saturated heterocycles. The van der Waals surface area contributed by atoms with Crippen LogP contribution < -0.4 is 4.98 Å². The quantitative estimate of drug-likeness (QED) is 0.730. The number of hydrogen-bond acceptors (Lipinski definition) is 1. The second kappa shape index (κ2) is 5.34. The Bertz CT molecular complexity index is 359. The molecule has 2 aliphatic carbocycles. The van der Waals surface area contributed by atoms with E-state index in [9.17, 15) is 0 Å². The molecule has 0 aliphatic heterocycles. The highest BCUT2D eigenvalue weighted by atomic mass is 28.4. The van der Waals surface area contributed by atoms with Crippen LogP contribution in [0.4, 0.5) is 0 Å². The van der Waals surface area contributed by atoms with Crippen molar-refractivity contribution in [3.8, 4) is 0 Å². The lowest BCUT2D eigenvalue weighted by Gasteiger charge is -2.50. The topological polar surface area (TPSA) is 12.0 Å². The highest BCUT2D eigenvalue weighted by Gasteiger charge is 2.53. The van der Waals surface area contributed by atoms with Gasteiger partial charge < -0.3 is 4.98 Å². The summed E-state index contributed by atoms with van der Waals surface area (Å²) in [4.78, 5) is 4.16. The lowest BCUT2D eigenvalue weighted by atomic mass is 9.96. The Kier molecular flexibility index (Phi) is 4.29. The third kappa shape index (κ3) is 2.83. The van der Waals surface area contributed by atoms with Gasteiger partial charge in [-0.2, -0.15) is 0 Å². The summed E-state index contributed by atoms with van der Waals surface area (Å²) in [7, 11) is -2.77. The molecule has 3 heteroatoms. The standard InChI is InChI=1S/C16H31NSi2/c1-18(2,3)16(13-9-10-14-16)19(4,5)17-15-11-7-6-8-12-15/h9-10,13-15,17H,6-8,11-12H2,1-5H3. The molecule has 108 valence electrons. The molecule has 0 atom stereocenters. The SMILES string of the molecule is C[Si](C)(C)C1([Si](C)(C)NC2CCCCC2)C=CC=C1. The van der Waals surface area contributed by atoms with Crippen LogP contribution in [0.1, 0.15) is 32.1 Å². The minimum absolute atomic E-state index is 0.386. The predicted octanol–water partition coefficient (Wildman–Crippen LogP) is 4.86.